The van der Waals surface area contributed by atoms with Crippen molar-refractivity contribution in [1.82, 2.24) is 14.5 Å². The van der Waals surface area contributed by atoms with E-state index in [0.717, 1.165) is 28.6 Å². The molecular weight excluding hydrogens is 468 g/mol. The Balaban J connectivity index is 1.60. The van der Waals surface area contributed by atoms with Gasteiger partial charge in [-0.15, -0.1) is 0 Å². The van der Waals surface area contributed by atoms with Crippen molar-refractivity contribution in [3.05, 3.63) is 87.7 Å². The van der Waals surface area contributed by atoms with Crippen LogP contribution in [0.15, 0.2) is 66.0 Å². The van der Waals surface area contributed by atoms with Gasteiger partial charge >= 0.3 is 0 Å². The molecular formula is C25H26N4O5S. The fraction of sp³-hybridized carbons (Fsp3) is 0.280. The first-order chi connectivity index (χ1) is 17.0. The van der Waals surface area contributed by atoms with Crippen molar-refractivity contribution in [1.29, 1.82) is 0 Å². The average molecular weight is 495 g/mol. The number of nitrogens with zero attached hydrogens (tertiary/aromatic N) is 4. The molecule has 0 saturated carbocycles. The number of non-ortho nitro benzene ring substituents is 1. The van der Waals surface area contributed by atoms with Crippen molar-refractivity contribution >= 4 is 27.5 Å². The Morgan fingerprint density at radius 2 is 1.86 bits per heavy atom. The maximum atomic E-state index is 13.5. The van der Waals surface area contributed by atoms with E-state index in [1.807, 2.05) is 35.8 Å². The summed E-state index contributed by atoms with van der Waals surface area (Å²) in [5, 5.41) is 11.4. The zero-order valence-electron chi connectivity index (χ0n) is 19.5. The summed E-state index contributed by atoms with van der Waals surface area (Å²) in [4.78, 5) is 19.7. The number of nitro groups is 1. The Kier molecular flexibility index (Phi) is 7.84. The van der Waals surface area contributed by atoms with Crippen LogP contribution < -0.4 is 4.74 Å². The Morgan fingerprint density at radius 1 is 1.09 bits per heavy atom. The second-order valence-corrected chi connectivity index (χ2v) is 9.30. The molecule has 0 amide bonds. The van der Waals surface area contributed by atoms with E-state index in [1.54, 1.807) is 31.5 Å². The molecule has 4 aromatic rings. The number of methoxy groups -OCH3 is 1. The van der Waals surface area contributed by atoms with Crippen LogP contribution in [0.4, 0.5) is 5.69 Å². The van der Waals surface area contributed by atoms with Crippen LogP contribution in [0.25, 0.3) is 11.0 Å². The maximum absolute atomic E-state index is 13.5. The van der Waals surface area contributed by atoms with Crippen LogP contribution in [-0.4, -0.2) is 44.0 Å². The quantitative estimate of drug-likeness (QED) is 0.172. The Labute approximate surface area is 205 Å². The summed E-state index contributed by atoms with van der Waals surface area (Å²) in [7, 11) is 0.167. The van der Waals surface area contributed by atoms with Gasteiger partial charge in [-0.3, -0.25) is 19.3 Å². The molecule has 0 radical (unpaired) electrons. The van der Waals surface area contributed by atoms with Crippen LogP contribution in [-0.2, 0) is 27.8 Å². The highest BCUT2D eigenvalue weighted by atomic mass is 32.2. The van der Waals surface area contributed by atoms with E-state index >= 15 is 0 Å². The third kappa shape index (κ3) is 5.72. The molecule has 182 valence electrons. The number of nitro benzene ring substituents is 1. The van der Waals surface area contributed by atoms with Crippen molar-refractivity contribution < 1.29 is 18.6 Å². The molecule has 2 aromatic carbocycles. The van der Waals surface area contributed by atoms with Gasteiger partial charge in [-0.1, -0.05) is 24.3 Å². The molecule has 2 aromatic heterocycles. The van der Waals surface area contributed by atoms with E-state index < -0.39 is 15.7 Å². The van der Waals surface area contributed by atoms with Crippen molar-refractivity contribution in [2.24, 2.45) is 0 Å². The van der Waals surface area contributed by atoms with Crippen LogP contribution in [0.1, 0.15) is 23.2 Å². The lowest BCUT2D eigenvalue weighted by Crippen LogP contribution is -2.11. The monoisotopic (exact) mass is 494 g/mol. The lowest BCUT2D eigenvalue weighted by atomic mass is 10.2. The number of para-hydroxylation sites is 2. The highest BCUT2D eigenvalue weighted by Gasteiger charge is 2.19. The molecule has 0 aliphatic carbocycles. The molecule has 0 saturated heterocycles. The number of pyridine rings is 1. The van der Waals surface area contributed by atoms with Crippen LogP contribution in [0.5, 0.6) is 5.75 Å². The third-order valence-electron chi connectivity index (χ3n) is 5.59. The highest BCUT2D eigenvalue weighted by molar-refractivity contribution is 7.84. The van der Waals surface area contributed by atoms with Gasteiger partial charge in [0, 0.05) is 44.0 Å². The topological polar surface area (TPSA) is 109 Å². The van der Waals surface area contributed by atoms with Crippen molar-refractivity contribution in [3.63, 3.8) is 0 Å². The van der Waals surface area contributed by atoms with Crippen molar-refractivity contribution in [3.8, 4) is 5.75 Å². The van der Waals surface area contributed by atoms with Gasteiger partial charge in [-0.25, -0.2) is 4.98 Å². The molecule has 9 nitrogen and oxygen atoms in total. The number of ether oxygens (including phenoxy) is 2. The molecule has 0 spiro atoms. The van der Waals surface area contributed by atoms with Gasteiger partial charge in [0.1, 0.15) is 5.75 Å². The summed E-state index contributed by atoms with van der Waals surface area (Å²) in [6.45, 7) is 3.43. The maximum Gasteiger partial charge on any atom is 0.269 e. The van der Waals surface area contributed by atoms with Gasteiger partial charge in [-0.05, 0) is 30.7 Å². The Morgan fingerprint density at radius 3 is 2.60 bits per heavy atom. The summed E-state index contributed by atoms with van der Waals surface area (Å²) < 4.78 is 26.4. The van der Waals surface area contributed by atoms with Gasteiger partial charge in [0.2, 0.25) is 5.16 Å². The van der Waals surface area contributed by atoms with Gasteiger partial charge in [0.25, 0.3) is 5.69 Å². The smallest absolute Gasteiger partial charge is 0.269 e. The first kappa shape index (κ1) is 24.5. The molecule has 2 heterocycles. The van der Waals surface area contributed by atoms with E-state index in [2.05, 4.69) is 9.97 Å². The van der Waals surface area contributed by atoms with E-state index in [-0.39, 0.29) is 11.4 Å². The standard InChI is InChI=1S/C25H26N4O5S/c1-18-22(26-13-12-24(18)34-15-5-14-33-2)17-35(32)25-27-21-6-3-4-7-23(21)28(25)16-19-8-10-20(11-9-19)29(30)31/h3-4,6-13H,5,14-17H2,1-2H3. The second-order valence-electron chi connectivity index (χ2n) is 7.96. The summed E-state index contributed by atoms with van der Waals surface area (Å²) in [5.74, 6) is 0.896. The predicted molar refractivity (Wildman–Crippen MR) is 133 cm³/mol. The van der Waals surface area contributed by atoms with Crippen molar-refractivity contribution in [2.45, 2.75) is 30.8 Å². The van der Waals surface area contributed by atoms with Gasteiger partial charge in [0.15, 0.2) is 0 Å². The van der Waals surface area contributed by atoms with Gasteiger partial charge < -0.3 is 14.0 Å². The number of imidazole rings is 1. The molecule has 0 bridgehead atoms. The van der Waals surface area contributed by atoms with E-state index in [9.17, 15) is 14.3 Å². The molecule has 10 heteroatoms. The Hall–Kier alpha value is -3.63. The highest BCUT2D eigenvalue weighted by Crippen LogP contribution is 2.25. The lowest BCUT2D eigenvalue weighted by Gasteiger charge is -2.13. The van der Waals surface area contributed by atoms with Crippen LogP contribution in [0, 0.1) is 17.0 Å². The molecule has 0 aliphatic rings. The van der Waals surface area contributed by atoms with Gasteiger partial charge in [-0.2, -0.15) is 0 Å². The number of rotatable bonds is 11. The molecule has 4 rings (SSSR count). The van der Waals surface area contributed by atoms with Crippen LogP contribution in [0.2, 0.25) is 0 Å². The first-order valence-corrected chi connectivity index (χ1v) is 12.4. The SMILES string of the molecule is COCCCOc1ccnc(CS(=O)c2nc3ccccc3n2Cc2ccc([N+](=O)[O-])cc2)c1C. The van der Waals surface area contributed by atoms with Crippen LogP contribution in [0.3, 0.4) is 0 Å². The summed E-state index contributed by atoms with van der Waals surface area (Å²) in [6, 6.07) is 15.7. The largest absolute Gasteiger partial charge is 0.493 e. The minimum absolute atomic E-state index is 0.0268. The lowest BCUT2D eigenvalue weighted by molar-refractivity contribution is -0.384. The molecule has 1 atom stereocenters. The van der Waals surface area contributed by atoms with Gasteiger partial charge in [0.05, 0.1) is 51.4 Å². The molecule has 1 unspecified atom stereocenters. The number of aromatic nitrogens is 3. The molecule has 0 fully saturated rings. The summed E-state index contributed by atoms with van der Waals surface area (Å²) in [6.07, 6.45) is 2.43. The fourth-order valence-corrected chi connectivity index (χ4v) is 5.00. The number of hydrogen-bond acceptors (Lipinski definition) is 7. The second kappa shape index (κ2) is 11.2. The normalized spacial score (nSPS) is 12.1. The van der Waals surface area contributed by atoms with Crippen LogP contribution >= 0.6 is 0 Å². The van der Waals surface area contributed by atoms with Crippen molar-refractivity contribution in [2.75, 3.05) is 20.3 Å². The van der Waals surface area contributed by atoms with E-state index in [1.165, 1.54) is 12.1 Å². The minimum atomic E-state index is -1.49. The predicted octanol–water partition coefficient (Wildman–Crippen LogP) is 4.42. The third-order valence-corrected chi connectivity index (χ3v) is 6.84. The summed E-state index contributed by atoms with van der Waals surface area (Å²) in [5.41, 5.74) is 3.97. The van der Waals surface area contributed by atoms with E-state index in [0.29, 0.717) is 36.4 Å². The number of benzene rings is 2. The molecule has 0 aliphatic heterocycles. The first-order valence-electron chi connectivity index (χ1n) is 11.1. The number of fused-ring (bicyclic) bond motifs is 1. The summed E-state index contributed by atoms with van der Waals surface area (Å²) >= 11 is 0. The van der Waals surface area contributed by atoms with E-state index in [4.69, 9.17) is 9.47 Å². The fourth-order valence-electron chi connectivity index (χ4n) is 3.72. The zero-order chi connectivity index (χ0) is 24.8. The molecule has 0 N–H and O–H groups in total. The average Bonchev–Trinajstić information content (AvgIpc) is 3.23. The Bertz CT molecular complexity index is 1350. The molecule has 35 heavy (non-hydrogen) atoms. The number of hydrogen-bond donors (Lipinski definition) is 0. The minimum Gasteiger partial charge on any atom is -0.493 e. The zero-order valence-corrected chi connectivity index (χ0v) is 20.4.